The SMILES string of the molecule is c1ccc(-c2nc(-c3ccccc3)nc(-c3cccc(-c4cccc(-n5c6ccccc6c6cc(-c7ccc(-n8c9ccccc9c9ccccc98)cc7)ccc65)c4)c3)n2)cc1. The van der Waals surface area contributed by atoms with Crippen molar-refractivity contribution in [3.05, 3.63) is 224 Å². The zero-order chi connectivity index (χ0) is 41.0. The van der Waals surface area contributed by atoms with Crippen LogP contribution in [0.5, 0.6) is 0 Å². The molecule has 0 aliphatic carbocycles. The predicted molar refractivity (Wildman–Crippen MR) is 256 cm³/mol. The largest absolute Gasteiger partial charge is 0.309 e. The van der Waals surface area contributed by atoms with Crippen LogP contribution in [0, 0.1) is 0 Å². The van der Waals surface area contributed by atoms with Gasteiger partial charge in [-0.3, -0.25) is 0 Å². The summed E-state index contributed by atoms with van der Waals surface area (Å²) in [6.07, 6.45) is 0. The molecule has 0 saturated heterocycles. The third-order valence-electron chi connectivity index (χ3n) is 12.0. The Balaban J connectivity index is 0.915. The van der Waals surface area contributed by atoms with Crippen LogP contribution in [-0.4, -0.2) is 24.1 Å². The molecule has 12 rings (SSSR count). The number of hydrogen-bond acceptors (Lipinski definition) is 3. The summed E-state index contributed by atoms with van der Waals surface area (Å²) >= 11 is 0. The summed E-state index contributed by atoms with van der Waals surface area (Å²) in [4.78, 5) is 14.9. The van der Waals surface area contributed by atoms with E-state index in [1.54, 1.807) is 0 Å². The summed E-state index contributed by atoms with van der Waals surface area (Å²) in [5, 5.41) is 4.97. The van der Waals surface area contributed by atoms with Crippen LogP contribution in [0.3, 0.4) is 0 Å². The number of benzene rings is 9. The first-order valence-electron chi connectivity index (χ1n) is 20.9. The van der Waals surface area contributed by atoms with Gasteiger partial charge in [0.1, 0.15) is 0 Å². The van der Waals surface area contributed by atoms with Crippen molar-refractivity contribution in [3.8, 4) is 67.8 Å². The van der Waals surface area contributed by atoms with Crippen molar-refractivity contribution in [2.45, 2.75) is 0 Å². The lowest BCUT2D eigenvalue weighted by Crippen LogP contribution is -2.00. The fourth-order valence-corrected chi connectivity index (χ4v) is 9.03. The number of para-hydroxylation sites is 3. The van der Waals surface area contributed by atoms with E-state index in [0.29, 0.717) is 17.5 Å². The van der Waals surface area contributed by atoms with Crippen molar-refractivity contribution in [3.63, 3.8) is 0 Å². The lowest BCUT2D eigenvalue weighted by Gasteiger charge is -2.12. The first-order valence-corrected chi connectivity index (χ1v) is 20.9. The van der Waals surface area contributed by atoms with Gasteiger partial charge in [-0.25, -0.2) is 15.0 Å². The third-order valence-corrected chi connectivity index (χ3v) is 12.0. The number of hydrogen-bond donors (Lipinski definition) is 0. The summed E-state index contributed by atoms with van der Waals surface area (Å²) < 4.78 is 4.75. The van der Waals surface area contributed by atoms with Crippen molar-refractivity contribution >= 4 is 43.6 Å². The standard InChI is InChI=1S/C57H37N5/c1-3-15-39(16-4-1)55-58-56(40-17-5-2-6-18-40)60-57(59-55)44-21-13-19-41(35-44)42-20-14-22-46(36-42)62-53-28-12-9-25-49(53)50-37-43(31-34-54(50)62)38-29-32-45(33-30-38)61-51-26-10-7-23-47(51)48-24-8-11-27-52(48)61/h1-37H. The van der Waals surface area contributed by atoms with Crippen molar-refractivity contribution in [2.24, 2.45) is 0 Å². The molecule has 0 saturated carbocycles. The van der Waals surface area contributed by atoms with Crippen molar-refractivity contribution in [1.82, 2.24) is 24.1 Å². The van der Waals surface area contributed by atoms with E-state index in [1.165, 1.54) is 49.2 Å². The number of nitrogens with zero attached hydrogens (tertiary/aromatic N) is 5. The highest BCUT2D eigenvalue weighted by Gasteiger charge is 2.17. The van der Waals surface area contributed by atoms with Gasteiger partial charge in [0, 0.05) is 49.6 Å². The van der Waals surface area contributed by atoms with E-state index in [0.717, 1.165) is 44.7 Å². The molecular formula is C57H37N5. The quantitative estimate of drug-likeness (QED) is 0.162. The molecule has 0 spiro atoms. The second-order valence-electron chi connectivity index (χ2n) is 15.7. The maximum atomic E-state index is 5.00. The van der Waals surface area contributed by atoms with Gasteiger partial charge in [-0.2, -0.15) is 0 Å². The molecule has 0 bridgehead atoms. The van der Waals surface area contributed by atoms with E-state index in [-0.39, 0.29) is 0 Å². The summed E-state index contributed by atoms with van der Waals surface area (Å²) in [5.41, 5.74) is 14.4. The minimum atomic E-state index is 0.635. The maximum Gasteiger partial charge on any atom is 0.164 e. The molecule has 0 amide bonds. The molecule has 9 aromatic carbocycles. The maximum absolute atomic E-state index is 5.00. The number of fused-ring (bicyclic) bond motifs is 6. The molecule has 3 aromatic heterocycles. The van der Waals surface area contributed by atoms with Crippen molar-refractivity contribution < 1.29 is 0 Å². The van der Waals surface area contributed by atoms with Crippen LogP contribution in [0.1, 0.15) is 0 Å². The molecule has 0 atom stereocenters. The topological polar surface area (TPSA) is 48.5 Å². The van der Waals surface area contributed by atoms with Crippen LogP contribution in [0.4, 0.5) is 0 Å². The highest BCUT2D eigenvalue weighted by Crippen LogP contribution is 2.38. The lowest BCUT2D eigenvalue weighted by atomic mass is 10.0. The van der Waals surface area contributed by atoms with E-state index in [9.17, 15) is 0 Å². The molecule has 5 nitrogen and oxygen atoms in total. The summed E-state index contributed by atoms with van der Waals surface area (Å²) in [6, 6.07) is 79.4. The molecule has 290 valence electrons. The Labute approximate surface area is 358 Å². The monoisotopic (exact) mass is 791 g/mol. The van der Waals surface area contributed by atoms with Gasteiger partial charge in [-0.15, -0.1) is 0 Å². The molecule has 5 heteroatoms. The molecule has 12 aromatic rings. The van der Waals surface area contributed by atoms with E-state index < -0.39 is 0 Å². The minimum Gasteiger partial charge on any atom is -0.309 e. The van der Waals surface area contributed by atoms with Crippen LogP contribution in [0.2, 0.25) is 0 Å². The molecule has 0 fully saturated rings. The van der Waals surface area contributed by atoms with Gasteiger partial charge in [0.2, 0.25) is 0 Å². The fraction of sp³-hybridized carbons (Fsp3) is 0. The molecule has 0 N–H and O–H groups in total. The van der Waals surface area contributed by atoms with Gasteiger partial charge < -0.3 is 9.13 Å². The van der Waals surface area contributed by atoms with Gasteiger partial charge in [-0.1, -0.05) is 164 Å². The number of rotatable bonds is 7. The Bertz CT molecular complexity index is 3510. The van der Waals surface area contributed by atoms with E-state index in [2.05, 4.69) is 173 Å². The van der Waals surface area contributed by atoms with Crippen molar-refractivity contribution in [2.75, 3.05) is 0 Å². The van der Waals surface area contributed by atoms with Crippen LogP contribution in [0.15, 0.2) is 224 Å². The van der Waals surface area contributed by atoms with Crippen LogP contribution in [0.25, 0.3) is 111 Å². The Kier molecular flexibility index (Phi) is 8.42. The van der Waals surface area contributed by atoms with E-state index in [1.807, 2.05) is 60.7 Å². The fourth-order valence-electron chi connectivity index (χ4n) is 9.03. The minimum absolute atomic E-state index is 0.635. The molecule has 0 radical (unpaired) electrons. The Morgan fingerprint density at radius 2 is 0.629 bits per heavy atom. The van der Waals surface area contributed by atoms with Crippen LogP contribution in [-0.2, 0) is 0 Å². The normalized spacial score (nSPS) is 11.5. The molecule has 0 aliphatic heterocycles. The summed E-state index contributed by atoms with van der Waals surface area (Å²) in [6.45, 7) is 0. The zero-order valence-corrected chi connectivity index (χ0v) is 33.6. The van der Waals surface area contributed by atoms with Crippen LogP contribution >= 0.6 is 0 Å². The highest BCUT2D eigenvalue weighted by atomic mass is 15.0. The van der Waals surface area contributed by atoms with Gasteiger partial charge in [0.05, 0.1) is 22.1 Å². The Morgan fingerprint density at radius 3 is 1.23 bits per heavy atom. The smallest absolute Gasteiger partial charge is 0.164 e. The van der Waals surface area contributed by atoms with E-state index in [4.69, 9.17) is 15.0 Å². The molecule has 3 heterocycles. The molecule has 0 unspecified atom stereocenters. The second kappa shape index (κ2) is 14.7. The van der Waals surface area contributed by atoms with Gasteiger partial charge in [0.15, 0.2) is 17.5 Å². The number of aromatic nitrogens is 5. The Morgan fingerprint density at radius 1 is 0.226 bits per heavy atom. The van der Waals surface area contributed by atoms with Crippen molar-refractivity contribution in [1.29, 1.82) is 0 Å². The molecular weight excluding hydrogens is 755 g/mol. The first kappa shape index (κ1) is 35.5. The average Bonchev–Trinajstić information content (AvgIpc) is 3.87. The lowest BCUT2D eigenvalue weighted by molar-refractivity contribution is 1.07. The highest BCUT2D eigenvalue weighted by molar-refractivity contribution is 6.11. The van der Waals surface area contributed by atoms with E-state index >= 15 is 0 Å². The van der Waals surface area contributed by atoms with Crippen LogP contribution < -0.4 is 0 Å². The zero-order valence-electron chi connectivity index (χ0n) is 33.6. The third kappa shape index (κ3) is 6.06. The average molecular weight is 792 g/mol. The van der Waals surface area contributed by atoms with Gasteiger partial charge >= 0.3 is 0 Å². The first-order chi connectivity index (χ1) is 30.7. The second-order valence-corrected chi connectivity index (χ2v) is 15.7. The van der Waals surface area contributed by atoms with Gasteiger partial charge in [0.25, 0.3) is 0 Å². The molecule has 62 heavy (non-hydrogen) atoms. The summed E-state index contributed by atoms with van der Waals surface area (Å²) in [5.74, 6) is 1.93. The molecule has 0 aliphatic rings. The Hall–Kier alpha value is -8.41. The summed E-state index contributed by atoms with van der Waals surface area (Å²) in [7, 11) is 0. The predicted octanol–water partition coefficient (Wildman–Crippen LogP) is 14.4. The van der Waals surface area contributed by atoms with Gasteiger partial charge in [-0.05, 0) is 82.9 Å².